The molecule has 26 heavy (non-hydrogen) atoms. The highest BCUT2D eigenvalue weighted by atomic mass is 32.1. The van der Waals surface area contributed by atoms with Crippen LogP contribution < -0.4 is 10.1 Å². The molecule has 7 heteroatoms. The molecule has 0 radical (unpaired) electrons. The van der Waals surface area contributed by atoms with E-state index in [0.717, 1.165) is 28.4 Å². The number of aryl methyl sites for hydroxylation is 2. The van der Waals surface area contributed by atoms with E-state index in [2.05, 4.69) is 28.4 Å². The van der Waals surface area contributed by atoms with E-state index in [1.165, 1.54) is 16.9 Å². The Labute approximate surface area is 155 Å². The van der Waals surface area contributed by atoms with Crippen molar-refractivity contribution >= 4 is 17.2 Å². The fourth-order valence-electron chi connectivity index (χ4n) is 3.10. The monoisotopic (exact) mass is 369 g/mol. The fraction of sp³-hybridized carbons (Fsp3) is 0.316. The highest BCUT2D eigenvalue weighted by Gasteiger charge is 2.20. The second-order valence-corrected chi connectivity index (χ2v) is 7.67. The Balaban J connectivity index is 1.45. The van der Waals surface area contributed by atoms with E-state index in [1.807, 2.05) is 32.0 Å². The van der Waals surface area contributed by atoms with E-state index >= 15 is 0 Å². The maximum absolute atomic E-state index is 12.3. The smallest absolute Gasteiger partial charge is 0.263 e. The number of nitrogens with zero attached hydrogens (tertiary/aromatic N) is 2. The molecule has 1 aliphatic rings. The number of aromatic nitrogens is 2. The molecular formula is C19H19N3O3S. The van der Waals surface area contributed by atoms with Gasteiger partial charge in [-0.2, -0.15) is 0 Å². The zero-order valence-electron chi connectivity index (χ0n) is 14.8. The summed E-state index contributed by atoms with van der Waals surface area (Å²) in [4.78, 5) is 17.2. The molecule has 1 aliphatic heterocycles. The molecule has 1 amide bonds. The first-order valence-corrected chi connectivity index (χ1v) is 9.29. The van der Waals surface area contributed by atoms with E-state index < -0.39 is 0 Å². The van der Waals surface area contributed by atoms with E-state index in [9.17, 15) is 4.79 Å². The Kier molecular flexibility index (Phi) is 4.24. The van der Waals surface area contributed by atoms with Crippen molar-refractivity contribution in [1.82, 2.24) is 15.5 Å². The van der Waals surface area contributed by atoms with Gasteiger partial charge in [-0.3, -0.25) is 4.79 Å². The first kappa shape index (κ1) is 16.8. The van der Waals surface area contributed by atoms with Crippen LogP contribution in [0, 0.1) is 13.8 Å². The third kappa shape index (κ3) is 3.22. The van der Waals surface area contributed by atoms with Crippen LogP contribution in [0.15, 0.2) is 28.8 Å². The molecule has 3 heterocycles. The lowest BCUT2D eigenvalue weighted by Gasteiger charge is -2.02. The van der Waals surface area contributed by atoms with Gasteiger partial charge in [0.15, 0.2) is 5.76 Å². The number of hydrogen-bond donors (Lipinski definition) is 1. The summed E-state index contributed by atoms with van der Waals surface area (Å²) in [6.45, 7) is 6.09. The molecule has 2 aromatic heterocycles. The first-order valence-electron chi connectivity index (χ1n) is 8.47. The molecule has 0 saturated heterocycles. The van der Waals surface area contributed by atoms with Gasteiger partial charge in [0.2, 0.25) is 0 Å². The van der Waals surface area contributed by atoms with Crippen LogP contribution in [-0.2, 0) is 13.0 Å². The zero-order valence-corrected chi connectivity index (χ0v) is 15.6. The van der Waals surface area contributed by atoms with Gasteiger partial charge in [-0.1, -0.05) is 5.16 Å². The number of ether oxygens (including phenoxy) is 1. The predicted molar refractivity (Wildman–Crippen MR) is 98.5 cm³/mol. The lowest BCUT2D eigenvalue weighted by Crippen LogP contribution is -2.22. The molecule has 134 valence electrons. The van der Waals surface area contributed by atoms with Gasteiger partial charge in [-0.05, 0) is 44.5 Å². The van der Waals surface area contributed by atoms with Gasteiger partial charge in [0.25, 0.3) is 5.91 Å². The molecule has 0 fully saturated rings. The maximum Gasteiger partial charge on any atom is 0.263 e. The Morgan fingerprint density at radius 2 is 2.19 bits per heavy atom. The van der Waals surface area contributed by atoms with Crippen molar-refractivity contribution in [2.24, 2.45) is 0 Å². The summed E-state index contributed by atoms with van der Waals surface area (Å²) in [6.07, 6.45) is 1.10. The Morgan fingerprint density at radius 1 is 1.35 bits per heavy atom. The third-order valence-corrected chi connectivity index (χ3v) is 5.35. The van der Waals surface area contributed by atoms with E-state index in [1.54, 1.807) is 0 Å². The number of carbonyl (C=O) groups excluding carboxylic acids is 1. The van der Waals surface area contributed by atoms with Crippen LogP contribution in [0.5, 0.6) is 5.75 Å². The number of amides is 1. The number of rotatable bonds is 4. The topological polar surface area (TPSA) is 77.2 Å². The molecule has 1 unspecified atom stereocenters. The Bertz CT molecular complexity index is 976. The van der Waals surface area contributed by atoms with Crippen molar-refractivity contribution in [2.75, 3.05) is 0 Å². The summed E-state index contributed by atoms with van der Waals surface area (Å²) in [7, 11) is 0. The summed E-state index contributed by atoms with van der Waals surface area (Å²) in [5, 5.41) is 7.81. The van der Waals surface area contributed by atoms with E-state index in [4.69, 9.17) is 9.26 Å². The van der Waals surface area contributed by atoms with Gasteiger partial charge in [0, 0.05) is 18.1 Å². The molecular weight excluding hydrogens is 350 g/mol. The van der Waals surface area contributed by atoms with E-state index in [0.29, 0.717) is 22.9 Å². The van der Waals surface area contributed by atoms with Gasteiger partial charge in [-0.15, -0.1) is 11.3 Å². The van der Waals surface area contributed by atoms with Crippen LogP contribution in [-0.4, -0.2) is 22.2 Å². The number of nitrogens with one attached hydrogen (secondary N) is 1. The summed E-state index contributed by atoms with van der Waals surface area (Å²) in [6, 6.07) is 7.85. The second kappa shape index (κ2) is 6.57. The lowest BCUT2D eigenvalue weighted by molar-refractivity contribution is 0.0953. The number of benzene rings is 1. The van der Waals surface area contributed by atoms with Gasteiger partial charge < -0.3 is 14.6 Å². The van der Waals surface area contributed by atoms with Gasteiger partial charge in [-0.25, -0.2) is 4.98 Å². The average molecular weight is 369 g/mol. The van der Waals surface area contributed by atoms with E-state index in [-0.39, 0.29) is 12.0 Å². The van der Waals surface area contributed by atoms with Gasteiger partial charge in [0.1, 0.15) is 22.4 Å². The Hall–Kier alpha value is -2.67. The minimum atomic E-state index is -0.138. The number of hydrogen-bond acceptors (Lipinski definition) is 6. The van der Waals surface area contributed by atoms with Crippen LogP contribution in [0.1, 0.15) is 38.6 Å². The van der Waals surface area contributed by atoms with Gasteiger partial charge in [0.05, 0.1) is 17.2 Å². The molecule has 1 atom stereocenters. The molecule has 0 bridgehead atoms. The quantitative estimate of drug-likeness (QED) is 0.759. The summed E-state index contributed by atoms with van der Waals surface area (Å²) in [5.74, 6) is 1.48. The normalized spacial score (nSPS) is 15.6. The summed E-state index contributed by atoms with van der Waals surface area (Å²) >= 11 is 1.39. The molecule has 1 N–H and O–H groups in total. The molecule has 1 aromatic carbocycles. The third-order valence-electron chi connectivity index (χ3n) is 4.28. The minimum Gasteiger partial charge on any atom is -0.490 e. The highest BCUT2D eigenvalue weighted by molar-refractivity contribution is 7.13. The van der Waals surface area contributed by atoms with Crippen molar-refractivity contribution in [3.63, 3.8) is 0 Å². The van der Waals surface area contributed by atoms with Crippen molar-refractivity contribution in [1.29, 1.82) is 0 Å². The first-order chi connectivity index (χ1) is 12.5. The minimum absolute atomic E-state index is 0.138. The zero-order chi connectivity index (χ0) is 18.3. The predicted octanol–water partition coefficient (Wildman–Crippen LogP) is 3.67. The largest absolute Gasteiger partial charge is 0.490 e. The highest BCUT2D eigenvalue weighted by Crippen LogP contribution is 2.33. The van der Waals surface area contributed by atoms with Crippen LogP contribution in [0.25, 0.3) is 11.3 Å². The van der Waals surface area contributed by atoms with Crippen LogP contribution in [0.4, 0.5) is 0 Å². The standard InChI is InChI=1S/C19H19N3O3S/c1-10-6-14-7-13(4-5-16(14)24-10)17-8-15(22-25-17)9-20-19(23)18-11(2)21-12(3)26-18/h4-5,7-8,10H,6,9H2,1-3H3,(H,20,23). The summed E-state index contributed by atoms with van der Waals surface area (Å²) < 4.78 is 11.2. The molecule has 6 nitrogen and oxygen atoms in total. The van der Waals surface area contributed by atoms with Crippen molar-refractivity contribution in [2.45, 2.75) is 39.8 Å². The lowest BCUT2D eigenvalue weighted by atomic mass is 10.1. The summed E-state index contributed by atoms with van der Waals surface area (Å²) in [5.41, 5.74) is 3.57. The maximum atomic E-state index is 12.3. The molecule has 0 spiro atoms. The molecule has 0 aliphatic carbocycles. The van der Waals surface area contributed by atoms with Crippen LogP contribution >= 0.6 is 11.3 Å². The fourth-order valence-corrected chi connectivity index (χ4v) is 3.94. The Morgan fingerprint density at radius 3 is 2.96 bits per heavy atom. The molecule has 0 saturated carbocycles. The van der Waals surface area contributed by atoms with Crippen LogP contribution in [0.2, 0.25) is 0 Å². The second-order valence-electron chi connectivity index (χ2n) is 6.47. The van der Waals surface area contributed by atoms with Crippen molar-refractivity contribution in [3.8, 4) is 17.1 Å². The molecule has 4 rings (SSSR count). The number of carbonyl (C=O) groups is 1. The van der Waals surface area contributed by atoms with Gasteiger partial charge >= 0.3 is 0 Å². The SMILES string of the molecule is Cc1nc(C)c(C(=O)NCc2cc(-c3ccc4c(c3)CC(C)O4)on2)s1. The molecule has 3 aromatic rings. The van der Waals surface area contributed by atoms with Crippen LogP contribution in [0.3, 0.4) is 0 Å². The average Bonchev–Trinajstić information content (AvgIpc) is 3.29. The number of thiazole rings is 1. The van der Waals surface area contributed by atoms with Crippen molar-refractivity contribution in [3.05, 3.63) is 51.1 Å². The number of fused-ring (bicyclic) bond motifs is 1. The van der Waals surface area contributed by atoms with Crippen molar-refractivity contribution < 1.29 is 14.1 Å².